The Hall–Kier alpha value is -1.96. The lowest BCUT2D eigenvalue weighted by Crippen LogP contribution is -2.22. The largest absolute Gasteiger partial charge is 0.322 e. The van der Waals surface area contributed by atoms with Gasteiger partial charge in [-0.2, -0.15) is 0 Å². The minimum atomic E-state index is -3.50. The molecule has 2 aromatic heterocycles. The van der Waals surface area contributed by atoms with Crippen molar-refractivity contribution in [1.82, 2.24) is 9.71 Å². The first-order valence-electron chi connectivity index (χ1n) is 7.04. The van der Waals surface area contributed by atoms with Crippen molar-refractivity contribution in [3.05, 3.63) is 62.8 Å². The first-order valence-corrected chi connectivity index (χ1v) is 9.34. The van der Waals surface area contributed by atoms with E-state index in [2.05, 4.69) is 9.71 Å². The van der Waals surface area contributed by atoms with Crippen molar-refractivity contribution in [2.45, 2.75) is 24.6 Å². The number of thiophene rings is 1. The molecule has 23 heavy (non-hydrogen) atoms. The summed E-state index contributed by atoms with van der Waals surface area (Å²) in [5.41, 5.74) is 2.09. The third-order valence-corrected chi connectivity index (χ3v) is 6.43. The molecule has 0 saturated heterocycles. The van der Waals surface area contributed by atoms with Gasteiger partial charge in [0.1, 0.15) is 4.21 Å². The highest BCUT2D eigenvalue weighted by atomic mass is 32.2. The highest BCUT2D eigenvalue weighted by Gasteiger charge is 2.15. The van der Waals surface area contributed by atoms with Crippen molar-refractivity contribution in [3.8, 4) is 0 Å². The smallest absolute Gasteiger partial charge is 0.251 e. The molecule has 0 amide bonds. The van der Waals surface area contributed by atoms with Gasteiger partial charge in [0.05, 0.1) is 0 Å². The number of hydrogen-bond acceptors (Lipinski definition) is 4. The monoisotopic (exact) mass is 348 g/mol. The maximum atomic E-state index is 12.2. The summed E-state index contributed by atoms with van der Waals surface area (Å²) in [7, 11) is -3.50. The Kier molecular flexibility index (Phi) is 4.09. The molecule has 120 valence electrons. The molecule has 0 fully saturated rings. The van der Waals surface area contributed by atoms with E-state index in [4.69, 9.17) is 0 Å². The lowest BCUT2D eigenvalue weighted by Gasteiger charge is -2.07. The van der Waals surface area contributed by atoms with Gasteiger partial charge in [-0.05, 0) is 55.1 Å². The summed E-state index contributed by atoms with van der Waals surface area (Å²) in [5, 5.41) is 0.880. The number of pyridine rings is 1. The van der Waals surface area contributed by atoms with Gasteiger partial charge < -0.3 is 4.98 Å². The number of aryl methyl sites for hydroxylation is 2. The van der Waals surface area contributed by atoms with Gasteiger partial charge in [-0.25, -0.2) is 13.1 Å². The second kappa shape index (κ2) is 5.92. The zero-order valence-electron chi connectivity index (χ0n) is 12.7. The van der Waals surface area contributed by atoms with Gasteiger partial charge >= 0.3 is 0 Å². The molecule has 2 N–H and O–H groups in total. The number of H-pyrrole nitrogens is 1. The maximum Gasteiger partial charge on any atom is 0.251 e. The number of aromatic amines is 1. The first-order chi connectivity index (χ1) is 10.8. The van der Waals surface area contributed by atoms with Gasteiger partial charge in [0.2, 0.25) is 10.0 Å². The highest BCUT2D eigenvalue weighted by Crippen LogP contribution is 2.21. The summed E-state index contributed by atoms with van der Waals surface area (Å²) in [6, 6.07) is 10.7. The quantitative estimate of drug-likeness (QED) is 0.761. The van der Waals surface area contributed by atoms with Gasteiger partial charge in [0.25, 0.3) is 5.56 Å². The van der Waals surface area contributed by atoms with Crippen LogP contribution >= 0.6 is 11.3 Å². The van der Waals surface area contributed by atoms with E-state index in [9.17, 15) is 13.2 Å². The Labute approximate surface area is 138 Å². The average Bonchev–Trinajstić information content (AvgIpc) is 2.94. The van der Waals surface area contributed by atoms with E-state index < -0.39 is 10.0 Å². The minimum Gasteiger partial charge on any atom is -0.322 e. The van der Waals surface area contributed by atoms with Crippen LogP contribution in [0.3, 0.4) is 0 Å². The SMILES string of the molecule is Cc1ccc(S(=O)(=O)NCc2ccc3[nH]c(=O)c(C)cc3c2)s1. The zero-order valence-corrected chi connectivity index (χ0v) is 14.3. The molecule has 2 heterocycles. The summed E-state index contributed by atoms with van der Waals surface area (Å²) in [6.45, 7) is 3.82. The fraction of sp³-hybridized carbons (Fsp3) is 0.188. The Morgan fingerprint density at radius 3 is 2.61 bits per heavy atom. The summed E-state index contributed by atoms with van der Waals surface area (Å²) in [6.07, 6.45) is 0. The lowest BCUT2D eigenvalue weighted by atomic mass is 10.1. The molecule has 0 spiro atoms. The number of sulfonamides is 1. The van der Waals surface area contributed by atoms with E-state index in [-0.39, 0.29) is 12.1 Å². The molecule has 0 bridgehead atoms. The molecular formula is C16H16N2O3S2. The Morgan fingerprint density at radius 2 is 1.91 bits per heavy atom. The molecule has 0 aliphatic rings. The molecule has 5 nitrogen and oxygen atoms in total. The molecule has 0 unspecified atom stereocenters. The summed E-state index contributed by atoms with van der Waals surface area (Å²) in [5.74, 6) is 0. The van der Waals surface area contributed by atoms with Crippen LogP contribution in [0.2, 0.25) is 0 Å². The number of nitrogens with one attached hydrogen (secondary N) is 2. The third-order valence-electron chi connectivity index (χ3n) is 3.54. The fourth-order valence-corrected chi connectivity index (χ4v) is 4.63. The van der Waals surface area contributed by atoms with Crippen LogP contribution in [0.4, 0.5) is 0 Å². The lowest BCUT2D eigenvalue weighted by molar-refractivity contribution is 0.583. The first kappa shape index (κ1) is 15.9. The predicted molar refractivity (Wildman–Crippen MR) is 92.4 cm³/mol. The van der Waals surface area contributed by atoms with Gasteiger partial charge in [0, 0.05) is 22.5 Å². The molecule has 0 aliphatic heterocycles. The van der Waals surface area contributed by atoms with Crippen LogP contribution in [-0.2, 0) is 16.6 Å². The molecule has 0 atom stereocenters. The van der Waals surface area contributed by atoms with Crippen LogP contribution in [0.15, 0.2) is 45.4 Å². The van der Waals surface area contributed by atoms with E-state index in [1.54, 1.807) is 37.3 Å². The topological polar surface area (TPSA) is 79.0 Å². The predicted octanol–water partition coefficient (Wildman–Crippen LogP) is 2.68. The van der Waals surface area contributed by atoms with Crippen molar-refractivity contribution >= 4 is 32.3 Å². The van der Waals surface area contributed by atoms with Crippen LogP contribution in [0, 0.1) is 13.8 Å². The van der Waals surface area contributed by atoms with Gasteiger partial charge in [-0.1, -0.05) is 6.07 Å². The van der Waals surface area contributed by atoms with Gasteiger partial charge in [-0.15, -0.1) is 11.3 Å². The van der Waals surface area contributed by atoms with Crippen LogP contribution < -0.4 is 10.3 Å². The molecule has 3 aromatic rings. The minimum absolute atomic E-state index is 0.112. The summed E-state index contributed by atoms with van der Waals surface area (Å²) < 4.78 is 27.4. The van der Waals surface area contributed by atoms with Crippen LogP contribution in [-0.4, -0.2) is 13.4 Å². The third kappa shape index (κ3) is 3.36. The van der Waals surface area contributed by atoms with Gasteiger partial charge in [-0.3, -0.25) is 4.79 Å². The van der Waals surface area contributed by atoms with Crippen molar-refractivity contribution in [1.29, 1.82) is 0 Å². The van der Waals surface area contributed by atoms with Crippen LogP contribution in [0.1, 0.15) is 16.0 Å². The van der Waals surface area contributed by atoms with Crippen molar-refractivity contribution < 1.29 is 8.42 Å². The second-order valence-electron chi connectivity index (χ2n) is 5.39. The maximum absolute atomic E-state index is 12.2. The van der Waals surface area contributed by atoms with Crippen molar-refractivity contribution in [2.24, 2.45) is 0 Å². The average molecular weight is 348 g/mol. The summed E-state index contributed by atoms with van der Waals surface area (Å²) in [4.78, 5) is 15.3. The Morgan fingerprint density at radius 1 is 1.13 bits per heavy atom. The number of benzene rings is 1. The van der Waals surface area contributed by atoms with E-state index in [1.807, 2.05) is 13.0 Å². The van der Waals surface area contributed by atoms with Gasteiger partial charge in [0.15, 0.2) is 0 Å². The standard InChI is InChI=1S/C16H16N2O3S2/c1-10-7-13-8-12(4-5-14(13)18-16(10)19)9-17-23(20,21)15-6-3-11(2)22-15/h3-8,17H,9H2,1-2H3,(H,18,19). The van der Waals surface area contributed by atoms with Crippen LogP contribution in [0.25, 0.3) is 10.9 Å². The number of fused-ring (bicyclic) bond motifs is 1. The molecular weight excluding hydrogens is 332 g/mol. The molecule has 7 heteroatoms. The molecule has 1 aromatic carbocycles. The number of hydrogen-bond donors (Lipinski definition) is 2. The van der Waals surface area contributed by atoms with E-state index in [1.165, 1.54) is 11.3 Å². The Balaban J connectivity index is 1.84. The molecule has 3 rings (SSSR count). The van der Waals surface area contributed by atoms with E-state index in [0.29, 0.717) is 9.77 Å². The van der Waals surface area contributed by atoms with E-state index >= 15 is 0 Å². The Bertz CT molecular complexity index is 1030. The number of rotatable bonds is 4. The number of aromatic nitrogens is 1. The van der Waals surface area contributed by atoms with Crippen LogP contribution in [0.5, 0.6) is 0 Å². The zero-order chi connectivity index (χ0) is 16.6. The normalized spacial score (nSPS) is 11.9. The fourth-order valence-electron chi connectivity index (χ4n) is 2.28. The molecule has 0 radical (unpaired) electrons. The van der Waals surface area contributed by atoms with E-state index in [0.717, 1.165) is 21.3 Å². The summed E-state index contributed by atoms with van der Waals surface area (Å²) >= 11 is 1.25. The van der Waals surface area contributed by atoms with Crippen molar-refractivity contribution in [2.75, 3.05) is 0 Å². The van der Waals surface area contributed by atoms with Crippen molar-refractivity contribution in [3.63, 3.8) is 0 Å². The molecule has 0 saturated carbocycles. The highest BCUT2D eigenvalue weighted by molar-refractivity contribution is 7.91. The second-order valence-corrected chi connectivity index (χ2v) is 8.67. The molecule has 0 aliphatic carbocycles.